The van der Waals surface area contributed by atoms with Crippen molar-refractivity contribution < 1.29 is 18.8 Å². The number of carbonyl (C=O) groups is 3. The molecule has 4 aliphatic rings. The molecule has 2 aliphatic heterocycles. The lowest BCUT2D eigenvalue weighted by atomic mass is 9.80. The van der Waals surface area contributed by atoms with Crippen molar-refractivity contribution in [3.8, 4) is 11.3 Å². The zero-order chi connectivity index (χ0) is 27.5. The highest BCUT2D eigenvalue weighted by Gasteiger charge is 2.39. The van der Waals surface area contributed by atoms with E-state index in [4.69, 9.17) is 5.10 Å². The largest absolute Gasteiger partial charge is 0.385 e. The zero-order valence-electron chi connectivity index (χ0n) is 22.3. The molecule has 3 aromatic rings. The van der Waals surface area contributed by atoms with Gasteiger partial charge >= 0.3 is 0 Å². The second kappa shape index (κ2) is 9.53. The maximum absolute atomic E-state index is 13.8. The molecule has 10 heteroatoms. The van der Waals surface area contributed by atoms with Gasteiger partial charge < -0.3 is 10.2 Å². The number of aromatic nitrogens is 3. The number of nitrogens with zero attached hydrogens (tertiary/aromatic N) is 4. The van der Waals surface area contributed by atoms with Gasteiger partial charge in [0.15, 0.2) is 0 Å². The Hall–Kier alpha value is -4.08. The number of aryl methyl sites for hydroxylation is 1. The van der Waals surface area contributed by atoms with Gasteiger partial charge in [-0.2, -0.15) is 5.10 Å². The molecule has 2 aromatic heterocycles. The predicted octanol–water partition coefficient (Wildman–Crippen LogP) is 4.09. The van der Waals surface area contributed by atoms with Gasteiger partial charge in [0.2, 0.25) is 11.8 Å². The smallest absolute Gasteiger partial charge is 0.255 e. The summed E-state index contributed by atoms with van der Waals surface area (Å²) in [7, 11) is 0. The molecule has 2 N–H and O–H groups in total. The number of carbonyl (C=O) groups excluding carboxylic acids is 3. The number of nitrogens with one attached hydrogen (secondary N) is 2. The fourth-order valence-corrected chi connectivity index (χ4v) is 6.17. The van der Waals surface area contributed by atoms with Crippen LogP contribution < -0.4 is 10.6 Å². The highest BCUT2D eigenvalue weighted by Crippen LogP contribution is 2.45. The van der Waals surface area contributed by atoms with E-state index >= 15 is 0 Å². The Morgan fingerprint density at radius 2 is 1.90 bits per heavy atom. The van der Waals surface area contributed by atoms with Gasteiger partial charge in [-0.25, -0.2) is 9.37 Å². The van der Waals surface area contributed by atoms with Gasteiger partial charge in [0.05, 0.1) is 23.1 Å². The molecule has 3 fully saturated rings. The first-order valence-electron chi connectivity index (χ1n) is 14.1. The van der Waals surface area contributed by atoms with Crippen molar-refractivity contribution in [2.45, 2.75) is 70.0 Å². The number of rotatable bonds is 7. The Morgan fingerprint density at radius 3 is 2.65 bits per heavy atom. The minimum absolute atomic E-state index is 0.159. The van der Waals surface area contributed by atoms with Crippen molar-refractivity contribution in [3.63, 3.8) is 0 Å². The summed E-state index contributed by atoms with van der Waals surface area (Å²) >= 11 is 0. The van der Waals surface area contributed by atoms with E-state index in [1.54, 1.807) is 17.9 Å². The maximum atomic E-state index is 13.8. The maximum Gasteiger partial charge on any atom is 0.255 e. The summed E-state index contributed by atoms with van der Waals surface area (Å²) in [5.41, 5.74) is 5.76. The van der Waals surface area contributed by atoms with Gasteiger partial charge in [-0.3, -0.25) is 24.4 Å². The molecule has 2 aliphatic carbocycles. The summed E-state index contributed by atoms with van der Waals surface area (Å²) in [6, 6.07) is 8.70. The minimum Gasteiger partial charge on any atom is -0.385 e. The molecule has 0 radical (unpaired) electrons. The van der Waals surface area contributed by atoms with E-state index in [1.165, 1.54) is 6.07 Å². The van der Waals surface area contributed by atoms with E-state index in [1.807, 2.05) is 18.2 Å². The van der Waals surface area contributed by atoms with Crippen molar-refractivity contribution in [2.24, 2.45) is 5.92 Å². The van der Waals surface area contributed by atoms with Crippen molar-refractivity contribution in [1.29, 1.82) is 0 Å². The highest BCUT2D eigenvalue weighted by molar-refractivity contribution is 6.05. The van der Waals surface area contributed by atoms with E-state index in [9.17, 15) is 18.8 Å². The molecule has 0 spiro atoms. The summed E-state index contributed by atoms with van der Waals surface area (Å²) in [6.45, 7) is 2.88. The van der Waals surface area contributed by atoms with Gasteiger partial charge in [-0.15, -0.1) is 0 Å². The van der Waals surface area contributed by atoms with Crippen LogP contribution in [0, 0.1) is 18.7 Å². The van der Waals surface area contributed by atoms with E-state index in [-0.39, 0.29) is 24.1 Å². The molecule has 4 heterocycles. The Morgan fingerprint density at radius 1 is 1.07 bits per heavy atom. The molecule has 1 atom stereocenters. The third kappa shape index (κ3) is 4.45. The van der Waals surface area contributed by atoms with E-state index in [0.29, 0.717) is 42.1 Å². The Labute approximate surface area is 231 Å². The Kier molecular flexibility index (Phi) is 5.94. The molecule has 9 nitrogen and oxygen atoms in total. The van der Waals surface area contributed by atoms with E-state index in [2.05, 4.69) is 26.5 Å². The summed E-state index contributed by atoms with van der Waals surface area (Å²) in [6.07, 6.45) is 7.00. The fraction of sp³-hybridized carbons (Fsp3) is 0.433. The van der Waals surface area contributed by atoms with Crippen LogP contribution in [-0.2, 0) is 16.1 Å². The molecule has 3 amide bonds. The molecule has 1 aromatic carbocycles. The standard InChI is InChI=1S/C30H31FN6O3/c1-16-24(31)6-7-25(33-16)23-15-37(35-28(23)18-2-3-18)21-10-17(11-21)13-32-20-4-5-22-19(12-20)14-36(30(22)40)26-8-9-27(38)34-29(26)39/h4-7,12,15,17-18,21,26,32H,2-3,8-11,13-14H2,1H3,(H,34,38,39)/t17-,21-,26-/m0/s1. The third-order valence-corrected chi connectivity index (χ3v) is 8.73. The molecule has 1 saturated heterocycles. The predicted molar refractivity (Wildman–Crippen MR) is 145 cm³/mol. The van der Waals surface area contributed by atoms with Crippen molar-refractivity contribution >= 4 is 23.4 Å². The van der Waals surface area contributed by atoms with Crippen molar-refractivity contribution in [3.05, 3.63) is 64.9 Å². The third-order valence-electron chi connectivity index (χ3n) is 8.73. The monoisotopic (exact) mass is 542 g/mol. The van der Waals surface area contributed by atoms with Crippen LogP contribution in [0.15, 0.2) is 36.5 Å². The lowest BCUT2D eigenvalue weighted by molar-refractivity contribution is -0.136. The number of imide groups is 1. The number of pyridine rings is 1. The number of hydrogen-bond donors (Lipinski definition) is 2. The van der Waals surface area contributed by atoms with Gasteiger partial charge in [-0.05, 0) is 80.8 Å². The quantitative estimate of drug-likeness (QED) is 0.436. The summed E-state index contributed by atoms with van der Waals surface area (Å²) in [5.74, 6) is -0.158. The lowest BCUT2D eigenvalue weighted by Gasteiger charge is -2.35. The van der Waals surface area contributed by atoms with Crippen LogP contribution >= 0.6 is 0 Å². The number of piperidine rings is 1. The summed E-state index contributed by atoms with van der Waals surface area (Å²) < 4.78 is 15.9. The Balaban J connectivity index is 0.971. The normalized spacial score (nSPS) is 24.1. The van der Waals surface area contributed by atoms with E-state index in [0.717, 1.165) is 60.4 Å². The molecule has 40 heavy (non-hydrogen) atoms. The highest BCUT2D eigenvalue weighted by atomic mass is 19.1. The summed E-state index contributed by atoms with van der Waals surface area (Å²) in [5, 5.41) is 10.8. The van der Waals surface area contributed by atoms with Crippen LogP contribution in [0.3, 0.4) is 0 Å². The first-order chi connectivity index (χ1) is 19.3. The van der Waals surface area contributed by atoms with Crippen LogP contribution in [0.4, 0.5) is 10.1 Å². The van der Waals surface area contributed by atoms with Gasteiger partial charge in [0.1, 0.15) is 11.9 Å². The topological polar surface area (TPSA) is 109 Å². The number of hydrogen-bond acceptors (Lipinski definition) is 6. The van der Waals surface area contributed by atoms with Crippen LogP contribution in [-0.4, -0.2) is 50.0 Å². The van der Waals surface area contributed by atoms with Crippen molar-refractivity contribution in [1.82, 2.24) is 25.0 Å². The van der Waals surface area contributed by atoms with Crippen LogP contribution in [0.5, 0.6) is 0 Å². The summed E-state index contributed by atoms with van der Waals surface area (Å²) in [4.78, 5) is 42.8. The Bertz CT molecular complexity index is 1540. The SMILES string of the molecule is Cc1nc(-c2cn([C@H]3C[C@H](CNc4ccc5c(c4)CN([C@H]4CCC(=O)NC4=O)C5=O)C3)nc2C2CC2)ccc1F. The molecule has 7 rings (SSSR count). The lowest BCUT2D eigenvalue weighted by Crippen LogP contribution is -2.52. The number of amides is 3. The average Bonchev–Trinajstić information content (AvgIpc) is 3.58. The van der Waals surface area contributed by atoms with E-state index < -0.39 is 11.9 Å². The van der Waals surface area contributed by atoms with Gasteiger partial charge in [-0.1, -0.05) is 0 Å². The molecular weight excluding hydrogens is 511 g/mol. The first kappa shape index (κ1) is 24.9. The number of halogens is 1. The van der Waals surface area contributed by atoms with Crippen LogP contribution in [0.2, 0.25) is 0 Å². The van der Waals surface area contributed by atoms with Gasteiger partial charge in [0.25, 0.3) is 5.91 Å². The molecule has 206 valence electrons. The number of fused-ring (bicyclic) bond motifs is 1. The average molecular weight is 543 g/mol. The molecule has 0 unspecified atom stereocenters. The van der Waals surface area contributed by atoms with Crippen molar-refractivity contribution in [2.75, 3.05) is 11.9 Å². The minimum atomic E-state index is -0.605. The first-order valence-corrected chi connectivity index (χ1v) is 14.1. The van der Waals surface area contributed by atoms with Crippen LogP contribution in [0.1, 0.15) is 77.8 Å². The fourth-order valence-electron chi connectivity index (χ4n) is 6.17. The molecule has 0 bridgehead atoms. The second-order valence-electron chi connectivity index (χ2n) is 11.6. The molecular formula is C30H31FN6O3. The van der Waals surface area contributed by atoms with Crippen LogP contribution in [0.25, 0.3) is 11.3 Å². The number of benzene rings is 1. The zero-order valence-corrected chi connectivity index (χ0v) is 22.3. The second-order valence-corrected chi connectivity index (χ2v) is 11.6. The van der Waals surface area contributed by atoms with Gasteiger partial charge in [0, 0.05) is 48.4 Å². The molecule has 2 saturated carbocycles. The number of anilines is 1.